The van der Waals surface area contributed by atoms with Crippen LogP contribution in [0.2, 0.25) is 0 Å². The Hall–Kier alpha value is -3.46. The number of carboxylic acids is 1. The summed E-state index contributed by atoms with van der Waals surface area (Å²) in [5, 5.41) is 87.1. The van der Waals surface area contributed by atoms with Crippen molar-refractivity contribution in [2.24, 2.45) is 0 Å². The topological polar surface area (TPSA) is 216 Å². The Morgan fingerprint density at radius 1 is 0.569 bits per heavy atom. The van der Waals surface area contributed by atoms with E-state index < -0.39 is 54.8 Å². The van der Waals surface area contributed by atoms with Crippen molar-refractivity contribution in [1.29, 1.82) is 0 Å². The van der Waals surface area contributed by atoms with Gasteiger partial charge in [0.05, 0.1) is 24.4 Å². The largest absolute Gasteiger partial charge is 0.472 e. The fourth-order valence-corrected chi connectivity index (χ4v) is 6.03. The SMILES string of the molecule is C#CC(O)/C=C/C(O)CCCC(O)CC#CC(O)C#CCCCC(O)/C=C/CCCCCC(=O)CCCCCCCCCCCCCC(O)C(O)C(O)C#CC(=O)O. The smallest absolute Gasteiger partial charge is 0.381 e. The van der Waals surface area contributed by atoms with Gasteiger partial charge in [0, 0.05) is 31.6 Å². The molecule has 8 atom stereocenters. The third kappa shape index (κ3) is 35.7. The number of aliphatic hydroxyl groups excluding tert-OH is 8. The van der Waals surface area contributed by atoms with Crippen LogP contribution in [-0.4, -0.2) is 107 Å². The molecule has 0 bridgehead atoms. The van der Waals surface area contributed by atoms with E-state index in [1.807, 2.05) is 12.0 Å². The summed E-state index contributed by atoms with van der Waals surface area (Å²) in [6.45, 7) is 0. The van der Waals surface area contributed by atoms with Gasteiger partial charge in [0.15, 0.2) is 6.10 Å². The fourth-order valence-electron chi connectivity index (χ4n) is 6.03. The molecular formula is C47H72O11. The van der Waals surface area contributed by atoms with Crippen molar-refractivity contribution < 1.29 is 55.5 Å². The molecule has 0 aliphatic rings. The minimum Gasteiger partial charge on any atom is -0.472 e. The molecule has 11 heteroatoms. The Labute approximate surface area is 348 Å². The molecule has 0 amide bonds. The van der Waals surface area contributed by atoms with E-state index in [-0.39, 0.29) is 6.42 Å². The van der Waals surface area contributed by atoms with Gasteiger partial charge in [-0.2, -0.15) is 0 Å². The van der Waals surface area contributed by atoms with Gasteiger partial charge >= 0.3 is 5.97 Å². The van der Waals surface area contributed by atoms with Crippen molar-refractivity contribution in [3.05, 3.63) is 24.3 Å². The maximum Gasteiger partial charge on any atom is 0.381 e. The van der Waals surface area contributed by atoms with Crippen LogP contribution in [0.25, 0.3) is 0 Å². The van der Waals surface area contributed by atoms with Crippen molar-refractivity contribution in [3.8, 4) is 47.9 Å². The Kier molecular flexibility index (Phi) is 35.5. The summed E-state index contributed by atoms with van der Waals surface area (Å²) in [4.78, 5) is 22.6. The number of Topliss-reactive ketones (excluding diaryl/α,β-unsaturated/α-hetero) is 1. The van der Waals surface area contributed by atoms with Crippen molar-refractivity contribution >= 4 is 11.8 Å². The summed E-state index contributed by atoms with van der Waals surface area (Å²) < 4.78 is 0. The highest BCUT2D eigenvalue weighted by Gasteiger charge is 2.22. The number of hydrogen-bond acceptors (Lipinski definition) is 10. The predicted octanol–water partition coefficient (Wildman–Crippen LogP) is 5.04. The lowest BCUT2D eigenvalue weighted by Crippen LogP contribution is -2.36. The third-order valence-electron chi connectivity index (χ3n) is 9.53. The summed E-state index contributed by atoms with van der Waals surface area (Å²) in [7, 11) is 0. The molecule has 0 rings (SSSR count). The fraction of sp³-hybridized carbons (Fsp3) is 0.702. The number of hydrogen-bond donors (Lipinski definition) is 9. The van der Waals surface area contributed by atoms with Crippen LogP contribution >= 0.6 is 0 Å². The molecule has 0 aliphatic heterocycles. The number of aliphatic hydroxyl groups is 8. The summed E-state index contributed by atoms with van der Waals surface area (Å²) in [5.41, 5.74) is 0. The Morgan fingerprint density at radius 3 is 1.74 bits per heavy atom. The minimum absolute atomic E-state index is 0.186. The van der Waals surface area contributed by atoms with Crippen LogP contribution in [0.1, 0.15) is 161 Å². The zero-order valence-corrected chi connectivity index (χ0v) is 34.5. The second-order valence-electron chi connectivity index (χ2n) is 14.9. The number of rotatable bonds is 33. The molecule has 0 spiro atoms. The van der Waals surface area contributed by atoms with Crippen LogP contribution in [0.3, 0.4) is 0 Å². The van der Waals surface area contributed by atoms with Gasteiger partial charge in [0.2, 0.25) is 0 Å². The van der Waals surface area contributed by atoms with Crippen molar-refractivity contribution in [1.82, 2.24) is 0 Å². The van der Waals surface area contributed by atoms with E-state index in [2.05, 4.69) is 29.6 Å². The van der Waals surface area contributed by atoms with Crippen molar-refractivity contribution in [3.63, 3.8) is 0 Å². The lowest BCUT2D eigenvalue weighted by atomic mass is 10.0. The average Bonchev–Trinajstić information content (AvgIpc) is 3.19. The molecule has 8 unspecified atom stereocenters. The van der Waals surface area contributed by atoms with Gasteiger partial charge in [-0.25, -0.2) is 4.79 Å². The van der Waals surface area contributed by atoms with E-state index in [4.69, 9.17) is 11.5 Å². The molecule has 0 saturated carbocycles. The molecule has 11 nitrogen and oxygen atoms in total. The number of aliphatic carboxylic acids is 1. The Balaban J connectivity index is 3.71. The number of ketones is 1. The molecule has 0 fully saturated rings. The van der Waals surface area contributed by atoms with Crippen LogP contribution in [0.4, 0.5) is 0 Å². The zero-order chi connectivity index (χ0) is 43.2. The van der Waals surface area contributed by atoms with Gasteiger partial charge in [0.1, 0.15) is 24.1 Å². The average molecular weight is 813 g/mol. The van der Waals surface area contributed by atoms with E-state index in [0.29, 0.717) is 70.0 Å². The minimum atomic E-state index is -1.59. The zero-order valence-electron chi connectivity index (χ0n) is 34.5. The first-order valence-corrected chi connectivity index (χ1v) is 21.3. The maximum absolute atomic E-state index is 12.2. The van der Waals surface area contributed by atoms with Gasteiger partial charge in [0.25, 0.3) is 0 Å². The second-order valence-corrected chi connectivity index (χ2v) is 14.9. The van der Waals surface area contributed by atoms with Gasteiger partial charge in [-0.15, -0.1) is 6.42 Å². The molecule has 0 aromatic carbocycles. The maximum atomic E-state index is 12.2. The van der Waals surface area contributed by atoms with Crippen LogP contribution in [0.5, 0.6) is 0 Å². The van der Waals surface area contributed by atoms with Gasteiger partial charge in [-0.1, -0.05) is 124 Å². The second kappa shape index (κ2) is 37.8. The molecular weight excluding hydrogens is 741 g/mol. The van der Waals surface area contributed by atoms with E-state index in [1.165, 1.54) is 31.4 Å². The van der Waals surface area contributed by atoms with E-state index in [0.717, 1.165) is 70.6 Å². The highest BCUT2D eigenvalue weighted by Crippen LogP contribution is 2.16. The lowest BCUT2D eigenvalue weighted by Gasteiger charge is -2.19. The molecule has 9 N–H and O–H groups in total. The molecule has 0 radical (unpaired) electrons. The number of terminal acetylenes is 1. The summed E-state index contributed by atoms with van der Waals surface area (Å²) in [5.74, 6) is 15.7. The Bertz CT molecular complexity index is 1370. The number of carboxylic acid groups (broad SMARTS) is 1. The van der Waals surface area contributed by atoms with Gasteiger partial charge < -0.3 is 46.0 Å². The quantitative estimate of drug-likeness (QED) is 0.0243. The monoisotopic (exact) mass is 813 g/mol. The van der Waals surface area contributed by atoms with Gasteiger partial charge in [-0.05, 0) is 70.3 Å². The summed E-state index contributed by atoms with van der Waals surface area (Å²) in [6, 6.07) is 0. The van der Waals surface area contributed by atoms with Crippen molar-refractivity contribution in [2.45, 2.75) is 209 Å². The van der Waals surface area contributed by atoms with Crippen LogP contribution in [0, 0.1) is 47.9 Å². The first kappa shape index (κ1) is 54.5. The van der Waals surface area contributed by atoms with E-state index in [1.54, 1.807) is 12.0 Å². The van der Waals surface area contributed by atoms with Crippen molar-refractivity contribution in [2.75, 3.05) is 0 Å². The van der Waals surface area contributed by atoms with Crippen LogP contribution in [-0.2, 0) is 9.59 Å². The molecule has 0 aromatic rings. The molecule has 0 aromatic heterocycles. The van der Waals surface area contributed by atoms with E-state index in [9.17, 15) is 50.4 Å². The molecule has 58 heavy (non-hydrogen) atoms. The highest BCUT2D eigenvalue weighted by molar-refractivity contribution is 5.86. The van der Waals surface area contributed by atoms with Crippen LogP contribution < -0.4 is 0 Å². The van der Waals surface area contributed by atoms with E-state index >= 15 is 0 Å². The Morgan fingerprint density at radius 2 is 1.12 bits per heavy atom. The first-order valence-electron chi connectivity index (χ1n) is 21.3. The first-order chi connectivity index (χ1) is 27.8. The number of carbonyl (C=O) groups is 2. The predicted molar refractivity (Wildman–Crippen MR) is 227 cm³/mol. The number of carbonyl (C=O) groups excluding carboxylic acids is 1. The molecule has 0 aliphatic carbocycles. The van der Waals surface area contributed by atoms with Crippen LogP contribution in [0.15, 0.2) is 24.3 Å². The molecule has 0 saturated heterocycles. The summed E-state index contributed by atoms with van der Waals surface area (Å²) in [6.07, 6.45) is 23.6. The highest BCUT2D eigenvalue weighted by atomic mass is 16.4. The number of allylic oxidation sites excluding steroid dienone is 1. The molecule has 326 valence electrons. The third-order valence-corrected chi connectivity index (χ3v) is 9.53. The number of unbranched alkanes of at least 4 members (excludes halogenated alkanes) is 14. The summed E-state index contributed by atoms with van der Waals surface area (Å²) >= 11 is 0. The molecule has 0 heterocycles. The normalized spacial score (nSPS) is 15.4. The standard InChI is InChI=1S/C47H72O11/c1-2-38(48)34-35-43(53)32-23-31-42(52)30-22-29-41(51)28-20-15-19-27-40(50)26-18-13-10-12-17-25-39(49)24-16-11-8-6-4-3-5-7-9-14-21-33-44(54)47(58)45(55)36-37-46(56)57/h1,18,26,34-35,38,40-45,47-48,50-55,58H,3-17,19,21,23-25,27,30-33H2,(H,56,57)/b26-18+,35-34+. The van der Waals surface area contributed by atoms with Gasteiger partial charge in [-0.3, -0.25) is 4.79 Å². The lowest BCUT2D eigenvalue weighted by molar-refractivity contribution is -0.130.